The Morgan fingerprint density at radius 1 is 1.19 bits per heavy atom. The molecule has 7 nitrogen and oxygen atoms in total. The van der Waals surface area contributed by atoms with E-state index in [9.17, 15) is 19.1 Å². The van der Waals surface area contributed by atoms with Crippen LogP contribution >= 0.6 is 0 Å². The smallest absolute Gasteiger partial charge is 0.410 e. The zero-order chi connectivity index (χ0) is 22.5. The molecule has 3 aromatic rings. The van der Waals surface area contributed by atoms with E-state index in [1.165, 1.54) is 12.1 Å². The molecule has 162 valence electrons. The fourth-order valence-corrected chi connectivity index (χ4v) is 3.77. The van der Waals surface area contributed by atoms with E-state index in [1.54, 1.807) is 11.1 Å². The third-order valence-corrected chi connectivity index (χ3v) is 5.35. The molecule has 1 aliphatic heterocycles. The fourth-order valence-electron chi connectivity index (χ4n) is 3.77. The first-order valence-electron chi connectivity index (χ1n) is 10.0. The lowest BCUT2D eigenvalue weighted by molar-refractivity contribution is 0.00815. The molecule has 0 atom stereocenters. The van der Waals surface area contributed by atoms with Crippen molar-refractivity contribution in [2.75, 3.05) is 13.1 Å². The van der Waals surface area contributed by atoms with Crippen molar-refractivity contribution in [3.63, 3.8) is 0 Å². The Hall–Kier alpha value is -3.42. The Labute approximate surface area is 179 Å². The van der Waals surface area contributed by atoms with E-state index in [4.69, 9.17) is 4.74 Å². The average Bonchev–Trinajstić information content (AvgIpc) is 2.99. The molecule has 0 bridgehead atoms. The number of imidazole rings is 1. The number of fused-ring (bicyclic) bond motifs is 1. The lowest BCUT2D eigenvalue weighted by atomic mass is 9.90. The van der Waals surface area contributed by atoms with Gasteiger partial charge in [0, 0.05) is 30.8 Å². The van der Waals surface area contributed by atoms with E-state index in [0.717, 1.165) is 23.0 Å². The number of pyridine rings is 1. The summed E-state index contributed by atoms with van der Waals surface area (Å²) in [6.45, 7) is 8.34. The zero-order valence-corrected chi connectivity index (χ0v) is 17.8. The van der Waals surface area contributed by atoms with Crippen LogP contribution in [0.1, 0.15) is 48.4 Å². The van der Waals surface area contributed by atoms with Crippen molar-refractivity contribution in [2.45, 2.75) is 39.2 Å². The molecule has 0 unspecified atom stereocenters. The van der Waals surface area contributed by atoms with Crippen LogP contribution in [-0.4, -0.2) is 50.1 Å². The fraction of sp³-hybridized carbons (Fsp3) is 0.348. The summed E-state index contributed by atoms with van der Waals surface area (Å²) in [5, 5.41) is 9.61. The van der Waals surface area contributed by atoms with Gasteiger partial charge in [-0.3, -0.25) is 0 Å². The van der Waals surface area contributed by atoms with E-state index >= 15 is 0 Å². The quantitative estimate of drug-likeness (QED) is 0.669. The Morgan fingerprint density at radius 2 is 1.90 bits per heavy atom. The number of nitrogens with zero attached hydrogens (tertiary/aromatic N) is 3. The van der Waals surface area contributed by atoms with Crippen molar-refractivity contribution in [3.05, 3.63) is 59.4 Å². The van der Waals surface area contributed by atoms with Crippen molar-refractivity contribution in [3.8, 4) is 11.1 Å². The number of aromatic carboxylic acids is 1. The van der Waals surface area contributed by atoms with Gasteiger partial charge in [0.2, 0.25) is 0 Å². The Bertz CT molecular complexity index is 1190. The number of carboxylic acids is 1. The molecule has 1 fully saturated rings. The van der Waals surface area contributed by atoms with Gasteiger partial charge in [0.15, 0.2) is 0 Å². The SMILES string of the molecule is Cc1ncc2c(-c3ccc(F)cc3C(=O)O)cc(C3CN(C(=O)OC(C)(C)C)C3)cn12. The topological polar surface area (TPSA) is 84.1 Å². The summed E-state index contributed by atoms with van der Waals surface area (Å²) < 4.78 is 21.0. The van der Waals surface area contributed by atoms with Crippen LogP contribution in [0.15, 0.2) is 36.7 Å². The summed E-state index contributed by atoms with van der Waals surface area (Å²) in [6, 6.07) is 5.67. The predicted octanol–water partition coefficient (Wildman–Crippen LogP) is 4.48. The van der Waals surface area contributed by atoms with Gasteiger partial charge in [-0.2, -0.15) is 0 Å². The maximum absolute atomic E-state index is 13.7. The number of rotatable bonds is 3. The minimum atomic E-state index is -1.20. The van der Waals surface area contributed by atoms with E-state index in [-0.39, 0.29) is 17.6 Å². The van der Waals surface area contributed by atoms with Crippen LogP contribution < -0.4 is 0 Å². The van der Waals surface area contributed by atoms with Gasteiger partial charge >= 0.3 is 12.1 Å². The number of hydrogen-bond donors (Lipinski definition) is 1. The van der Waals surface area contributed by atoms with Crippen molar-refractivity contribution < 1.29 is 23.8 Å². The molecule has 3 heterocycles. The Morgan fingerprint density at radius 3 is 2.55 bits per heavy atom. The number of benzene rings is 1. The zero-order valence-electron chi connectivity index (χ0n) is 17.8. The molecule has 0 spiro atoms. The van der Waals surface area contributed by atoms with Gasteiger partial charge in [-0.1, -0.05) is 6.07 Å². The maximum Gasteiger partial charge on any atom is 0.410 e. The highest BCUT2D eigenvalue weighted by molar-refractivity contribution is 5.98. The minimum absolute atomic E-state index is 0.0752. The first-order valence-corrected chi connectivity index (χ1v) is 10.0. The number of likely N-dealkylation sites (tertiary alicyclic amines) is 1. The molecule has 0 aliphatic carbocycles. The van der Waals surface area contributed by atoms with Crippen LogP contribution in [0.2, 0.25) is 0 Å². The summed E-state index contributed by atoms with van der Waals surface area (Å²) in [4.78, 5) is 30.0. The normalized spacial score (nSPS) is 14.5. The van der Waals surface area contributed by atoms with Crippen LogP contribution in [0.25, 0.3) is 16.6 Å². The number of amides is 1. The second kappa shape index (κ2) is 7.37. The summed E-state index contributed by atoms with van der Waals surface area (Å²) in [6.07, 6.45) is 3.29. The molecular weight excluding hydrogens is 401 g/mol. The number of carbonyl (C=O) groups is 2. The third kappa shape index (κ3) is 3.97. The predicted molar refractivity (Wildman–Crippen MR) is 113 cm³/mol. The Kier molecular flexibility index (Phi) is 4.95. The molecule has 1 amide bonds. The number of ether oxygens (including phenoxy) is 1. The van der Waals surface area contributed by atoms with Gasteiger partial charge in [0.25, 0.3) is 0 Å². The summed E-state index contributed by atoms with van der Waals surface area (Å²) >= 11 is 0. The van der Waals surface area contributed by atoms with Gasteiger partial charge in [-0.15, -0.1) is 0 Å². The van der Waals surface area contributed by atoms with Crippen LogP contribution in [0.5, 0.6) is 0 Å². The summed E-state index contributed by atoms with van der Waals surface area (Å²) in [7, 11) is 0. The molecule has 1 aromatic carbocycles. The lowest BCUT2D eigenvalue weighted by Crippen LogP contribution is -2.50. The van der Waals surface area contributed by atoms with Crippen molar-refractivity contribution in [2.24, 2.45) is 0 Å². The number of carboxylic acid groups (broad SMARTS) is 1. The highest BCUT2D eigenvalue weighted by atomic mass is 19.1. The van der Waals surface area contributed by atoms with E-state index < -0.39 is 17.4 Å². The van der Waals surface area contributed by atoms with Crippen molar-refractivity contribution >= 4 is 17.6 Å². The Balaban J connectivity index is 1.72. The molecule has 1 aliphatic rings. The van der Waals surface area contributed by atoms with Gasteiger partial charge in [-0.25, -0.2) is 19.0 Å². The third-order valence-electron chi connectivity index (χ3n) is 5.35. The molecule has 4 rings (SSSR count). The van der Waals surface area contributed by atoms with E-state index in [0.29, 0.717) is 24.2 Å². The molecule has 0 saturated carbocycles. The summed E-state index contributed by atoms with van der Waals surface area (Å²) in [5.74, 6) is -0.981. The average molecular weight is 425 g/mol. The molecule has 31 heavy (non-hydrogen) atoms. The number of hydrogen-bond acceptors (Lipinski definition) is 4. The molecular formula is C23H24FN3O4. The highest BCUT2D eigenvalue weighted by Crippen LogP contribution is 2.35. The van der Waals surface area contributed by atoms with E-state index in [2.05, 4.69) is 4.98 Å². The van der Waals surface area contributed by atoms with Crippen LogP contribution in [0, 0.1) is 12.7 Å². The molecule has 2 aromatic heterocycles. The van der Waals surface area contributed by atoms with Crippen molar-refractivity contribution in [1.82, 2.24) is 14.3 Å². The first-order chi connectivity index (χ1) is 14.5. The standard InChI is InChI=1S/C23H24FN3O4/c1-13-25-9-20-18(17-6-5-16(24)8-19(17)21(28)29)7-14(12-27(13)20)15-10-26(11-15)22(30)31-23(2,3)4/h5-9,12,15H,10-11H2,1-4H3,(H,28,29). The largest absolute Gasteiger partial charge is 0.478 e. The van der Waals surface area contributed by atoms with Crippen LogP contribution in [0.4, 0.5) is 9.18 Å². The second-order valence-corrected chi connectivity index (χ2v) is 8.83. The van der Waals surface area contributed by atoms with Crippen LogP contribution in [-0.2, 0) is 4.74 Å². The van der Waals surface area contributed by atoms with Gasteiger partial charge in [0.1, 0.15) is 17.2 Å². The van der Waals surface area contributed by atoms with Gasteiger partial charge in [-0.05, 0) is 57.0 Å². The number of aryl methyl sites for hydroxylation is 1. The van der Waals surface area contributed by atoms with Crippen LogP contribution in [0.3, 0.4) is 0 Å². The number of carbonyl (C=O) groups excluding carboxylic acids is 1. The number of aromatic nitrogens is 2. The molecule has 1 saturated heterocycles. The monoisotopic (exact) mass is 425 g/mol. The maximum atomic E-state index is 13.7. The van der Waals surface area contributed by atoms with Crippen molar-refractivity contribution in [1.29, 1.82) is 0 Å². The highest BCUT2D eigenvalue weighted by Gasteiger charge is 2.35. The number of halogens is 1. The molecule has 8 heteroatoms. The lowest BCUT2D eigenvalue weighted by Gasteiger charge is -2.40. The molecule has 0 radical (unpaired) electrons. The first kappa shape index (κ1) is 20.8. The van der Waals surface area contributed by atoms with Gasteiger partial charge in [0.05, 0.1) is 17.3 Å². The second-order valence-electron chi connectivity index (χ2n) is 8.83. The molecule has 1 N–H and O–H groups in total. The minimum Gasteiger partial charge on any atom is -0.478 e. The summed E-state index contributed by atoms with van der Waals surface area (Å²) in [5.41, 5.74) is 2.10. The van der Waals surface area contributed by atoms with Gasteiger partial charge < -0.3 is 19.1 Å². The van der Waals surface area contributed by atoms with E-state index in [1.807, 2.05) is 44.4 Å².